The van der Waals surface area contributed by atoms with Crippen LogP contribution in [0.25, 0.3) is 11.6 Å². The molecule has 0 amide bonds. The Kier molecular flexibility index (Phi) is 4.01. The lowest BCUT2D eigenvalue weighted by molar-refractivity contribution is 0.542. The maximum absolute atomic E-state index is 5.53. The summed E-state index contributed by atoms with van der Waals surface area (Å²) in [4.78, 5) is 9.09. The van der Waals surface area contributed by atoms with Crippen LogP contribution >= 0.6 is 31.9 Å². The number of furan rings is 1. The van der Waals surface area contributed by atoms with Gasteiger partial charge in [-0.3, -0.25) is 0 Å². The van der Waals surface area contributed by atoms with Gasteiger partial charge in [0, 0.05) is 12.5 Å². The van der Waals surface area contributed by atoms with Crippen LogP contribution in [0.2, 0.25) is 0 Å². The SMILES string of the molecule is CNc1nc(-c2ccc(Br)o2)nc(C(C)(C)C)c1Br. The van der Waals surface area contributed by atoms with Crippen molar-refractivity contribution in [3.05, 3.63) is 27.0 Å². The Morgan fingerprint density at radius 3 is 2.32 bits per heavy atom. The summed E-state index contributed by atoms with van der Waals surface area (Å²) < 4.78 is 7.08. The number of nitrogens with one attached hydrogen (secondary N) is 1. The normalized spacial score (nSPS) is 11.7. The van der Waals surface area contributed by atoms with Crippen molar-refractivity contribution in [1.29, 1.82) is 0 Å². The lowest BCUT2D eigenvalue weighted by atomic mass is 9.92. The Hall–Kier alpha value is -0.880. The molecule has 0 radical (unpaired) electrons. The molecule has 19 heavy (non-hydrogen) atoms. The van der Waals surface area contributed by atoms with Crippen molar-refractivity contribution in [3.63, 3.8) is 0 Å². The lowest BCUT2D eigenvalue weighted by Gasteiger charge is -2.21. The van der Waals surface area contributed by atoms with Gasteiger partial charge in [-0.1, -0.05) is 20.8 Å². The van der Waals surface area contributed by atoms with Gasteiger partial charge in [0.05, 0.1) is 10.2 Å². The van der Waals surface area contributed by atoms with Crippen LogP contribution in [0.4, 0.5) is 5.82 Å². The molecule has 0 fully saturated rings. The molecule has 0 aliphatic rings. The average Bonchev–Trinajstić information content (AvgIpc) is 2.74. The zero-order valence-corrected chi connectivity index (χ0v) is 14.4. The summed E-state index contributed by atoms with van der Waals surface area (Å²) in [6.07, 6.45) is 0. The minimum Gasteiger partial charge on any atom is -0.446 e. The van der Waals surface area contributed by atoms with E-state index in [1.807, 2.05) is 19.2 Å². The second kappa shape index (κ2) is 5.25. The van der Waals surface area contributed by atoms with Gasteiger partial charge >= 0.3 is 0 Å². The molecule has 2 aromatic rings. The molecule has 1 N–H and O–H groups in total. The van der Waals surface area contributed by atoms with Gasteiger partial charge in [0.15, 0.2) is 16.3 Å². The molecule has 4 nitrogen and oxygen atoms in total. The number of hydrogen-bond donors (Lipinski definition) is 1. The first kappa shape index (κ1) is 14.5. The first-order chi connectivity index (χ1) is 8.82. The van der Waals surface area contributed by atoms with Crippen LogP contribution in [0.1, 0.15) is 26.5 Å². The van der Waals surface area contributed by atoms with E-state index in [0.717, 1.165) is 16.0 Å². The zero-order chi connectivity index (χ0) is 14.2. The van der Waals surface area contributed by atoms with E-state index in [1.165, 1.54) is 0 Å². The smallest absolute Gasteiger partial charge is 0.198 e. The third-order valence-corrected chi connectivity index (χ3v) is 3.77. The molecule has 2 rings (SSSR count). The van der Waals surface area contributed by atoms with Crippen LogP contribution in [0.3, 0.4) is 0 Å². The van der Waals surface area contributed by atoms with Gasteiger partial charge in [0.1, 0.15) is 5.82 Å². The molecule has 0 atom stereocenters. The Balaban J connectivity index is 2.64. The molecule has 2 heterocycles. The highest BCUT2D eigenvalue weighted by atomic mass is 79.9. The largest absolute Gasteiger partial charge is 0.446 e. The van der Waals surface area contributed by atoms with Gasteiger partial charge in [-0.25, -0.2) is 9.97 Å². The van der Waals surface area contributed by atoms with E-state index in [-0.39, 0.29) is 5.41 Å². The van der Waals surface area contributed by atoms with E-state index >= 15 is 0 Å². The zero-order valence-electron chi connectivity index (χ0n) is 11.2. The van der Waals surface area contributed by atoms with Crippen molar-refractivity contribution >= 4 is 37.7 Å². The van der Waals surface area contributed by atoms with Crippen LogP contribution in [0.15, 0.2) is 25.7 Å². The fourth-order valence-corrected chi connectivity index (χ4v) is 2.93. The summed E-state index contributed by atoms with van der Waals surface area (Å²) >= 11 is 6.85. The van der Waals surface area contributed by atoms with Crippen molar-refractivity contribution in [1.82, 2.24) is 9.97 Å². The molecular formula is C13H15Br2N3O. The number of halogens is 2. The number of nitrogens with zero attached hydrogens (tertiary/aromatic N) is 2. The van der Waals surface area contributed by atoms with Crippen molar-refractivity contribution in [3.8, 4) is 11.6 Å². The summed E-state index contributed by atoms with van der Waals surface area (Å²) in [5.41, 5.74) is 0.848. The molecule has 0 saturated heterocycles. The van der Waals surface area contributed by atoms with Crippen LogP contribution < -0.4 is 5.32 Å². The van der Waals surface area contributed by atoms with E-state index in [9.17, 15) is 0 Å². The molecule has 102 valence electrons. The standard InChI is InChI=1S/C13H15Br2N3O/c1-13(2,3)10-9(15)12(16-4)18-11(17-10)7-5-6-8(14)19-7/h5-6H,1-4H3,(H,16,17,18). The van der Waals surface area contributed by atoms with Gasteiger partial charge in [-0.05, 0) is 44.0 Å². The molecule has 0 saturated carbocycles. The lowest BCUT2D eigenvalue weighted by Crippen LogP contribution is -2.17. The summed E-state index contributed by atoms with van der Waals surface area (Å²) in [7, 11) is 1.83. The molecule has 6 heteroatoms. The molecule has 0 aliphatic heterocycles. The number of aromatic nitrogens is 2. The third kappa shape index (κ3) is 3.00. The molecule has 2 aromatic heterocycles. The van der Waals surface area contributed by atoms with Crippen molar-refractivity contribution in [2.24, 2.45) is 0 Å². The maximum Gasteiger partial charge on any atom is 0.198 e. The van der Waals surface area contributed by atoms with Gasteiger partial charge in [-0.15, -0.1) is 0 Å². The molecule has 0 unspecified atom stereocenters. The predicted octanol–water partition coefficient (Wildman–Crippen LogP) is 4.60. The highest BCUT2D eigenvalue weighted by molar-refractivity contribution is 9.10. The Labute approximate surface area is 129 Å². The highest BCUT2D eigenvalue weighted by Gasteiger charge is 2.24. The van der Waals surface area contributed by atoms with E-state index in [2.05, 4.69) is 67.9 Å². The summed E-state index contributed by atoms with van der Waals surface area (Å²) in [5, 5.41) is 3.07. The monoisotopic (exact) mass is 387 g/mol. The van der Waals surface area contributed by atoms with E-state index in [0.29, 0.717) is 16.3 Å². The number of anilines is 1. The quantitative estimate of drug-likeness (QED) is 0.816. The predicted molar refractivity (Wildman–Crippen MR) is 83.4 cm³/mol. The van der Waals surface area contributed by atoms with E-state index in [4.69, 9.17) is 4.42 Å². The van der Waals surface area contributed by atoms with Crippen molar-refractivity contribution < 1.29 is 4.42 Å². The summed E-state index contributed by atoms with van der Waals surface area (Å²) in [6.45, 7) is 6.34. The average molecular weight is 389 g/mol. The number of rotatable bonds is 2. The van der Waals surface area contributed by atoms with Crippen molar-refractivity contribution in [2.45, 2.75) is 26.2 Å². The Morgan fingerprint density at radius 2 is 1.84 bits per heavy atom. The van der Waals surface area contributed by atoms with Crippen LogP contribution in [-0.4, -0.2) is 17.0 Å². The fourth-order valence-electron chi connectivity index (χ4n) is 1.65. The van der Waals surface area contributed by atoms with Gasteiger partial charge in [0.2, 0.25) is 0 Å². The summed E-state index contributed by atoms with van der Waals surface area (Å²) in [5.74, 6) is 1.96. The summed E-state index contributed by atoms with van der Waals surface area (Å²) in [6, 6.07) is 3.68. The van der Waals surface area contributed by atoms with Crippen LogP contribution in [0, 0.1) is 0 Å². The van der Waals surface area contributed by atoms with E-state index < -0.39 is 0 Å². The second-order valence-electron chi connectivity index (χ2n) is 5.16. The molecule has 0 aromatic carbocycles. The Bertz CT molecular complexity index is 602. The topological polar surface area (TPSA) is 51.0 Å². The van der Waals surface area contributed by atoms with Gasteiger partial charge in [-0.2, -0.15) is 0 Å². The van der Waals surface area contributed by atoms with Crippen LogP contribution in [0.5, 0.6) is 0 Å². The number of hydrogen-bond acceptors (Lipinski definition) is 4. The molecule has 0 aliphatic carbocycles. The minimum absolute atomic E-state index is 0.0913. The second-order valence-corrected chi connectivity index (χ2v) is 6.74. The van der Waals surface area contributed by atoms with Gasteiger partial charge in [0.25, 0.3) is 0 Å². The van der Waals surface area contributed by atoms with E-state index in [1.54, 1.807) is 0 Å². The third-order valence-electron chi connectivity index (χ3n) is 2.59. The highest BCUT2D eigenvalue weighted by Crippen LogP contribution is 2.34. The van der Waals surface area contributed by atoms with Crippen LogP contribution in [-0.2, 0) is 5.41 Å². The first-order valence-electron chi connectivity index (χ1n) is 5.84. The molecule has 0 spiro atoms. The first-order valence-corrected chi connectivity index (χ1v) is 7.43. The van der Waals surface area contributed by atoms with Crippen molar-refractivity contribution in [2.75, 3.05) is 12.4 Å². The molecular weight excluding hydrogens is 374 g/mol. The van der Waals surface area contributed by atoms with Gasteiger partial charge < -0.3 is 9.73 Å². The minimum atomic E-state index is -0.0913. The fraction of sp³-hybridized carbons (Fsp3) is 0.385. The maximum atomic E-state index is 5.53. The molecule has 0 bridgehead atoms. The Morgan fingerprint density at radius 1 is 1.16 bits per heavy atom.